The zero-order chi connectivity index (χ0) is 19.2. The fourth-order valence-corrected chi connectivity index (χ4v) is 5.63. The standard InChI is InChI=1S/C19H25N5OS2/c1-5-13-20-17-15(11-8-6-7-9-12(11)27-17)16-22-23-18(24(13)16)26-10-14(25)21-19(2,3)4/h5-10H2,1-4H3,(H,21,25). The van der Waals surface area contributed by atoms with Crippen LogP contribution in [0.5, 0.6) is 0 Å². The summed E-state index contributed by atoms with van der Waals surface area (Å²) in [5.74, 6) is 1.28. The van der Waals surface area contributed by atoms with Crippen molar-refractivity contribution in [1.82, 2.24) is 24.9 Å². The van der Waals surface area contributed by atoms with E-state index in [4.69, 9.17) is 4.98 Å². The molecule has 0 atom stereocenters. The van der Waals surface area contributed by atoms with Gasteiger partial charge in [-0.1, -0.05) is 18.7 Å². The lowest BCUT2D eigenvalue weighted by Crippen LogP contribution is -2.41. The van der Waals surface area contributed by atoms with E-state index in [2.05, 4.69) is 26.8 Å². The molecular weight excluding hydrogens is 378 g/mol. The van der Waals surface area contributed by atoms with Gasteiger partial charge in [-0.05, 0) is 52.0 Å². The van der Waals surface area contributed by atoms with Crippen LogP contribution in [0.2, 0.25) is 0 Å². The average molecular weight is 404 g/mol. The van der Waals surface area contributed by atoms with Crippen LogP contribution < -0.4 is 5.32 Å². The van der Waals surface area contributed by atoms with Gasteiger partial charge in [0.1, 0.15) is 10.7 Å². The Kier molecular flexibility index (Phi) is 4.88. The molecule has 0 radical (unpaired) electrons. The van der Waals surface area contributed by atoms with E-state index in [9.17, 15) is 4.79 Å². The number of thioether (sulfide) groups is 1. The summed E-state index contributed by atoms with van der Waals surface area (Å²) < 4.78 is 2.05. The number of carbonyl (C=O) groups excluding carboxylic acids is 1. The molecule has 1 N–H and O–H groups in total. The van der Waals surface area contributed by atoms with E-state index >= 15 is 0 Å². The molecule has 0 aromatic carbocycles. The quantitative estimate of drug-likeness (QED) is 0.671. The van der Waals surface area contributed by atoms with E-state index in [1.54, 1.807) is 0 Å². The Bertz CT molecular complexity index is 1010. The minimum Gasteiger partial charge on any atom is -0.351 e. The molecule has 6 nitrogen and oxygen atoms in total. The third-order valence-corrected chi connectivity index (χ3v) is 6.78. The van der Waals surface area contributed by atoms with Crippen LogP contribution in [-0.4, -0.2) is 36.8 Å². The van der Waals surface area contributed by atoms with Crippen molar-refractivity contribution >= 4 is 44.9 Å². The lowest BCUT2D eigenvalue weighted by Gasteiger charge is -2.20. The van der Waals surface area contributed by atoms with Crippen molar-refractivity contribution in [1.29, 1.82) is 0 Å². The molecule has 4 rings (SSSR count). The smallest absolute Gasteiger partial charge is 0.230 e. The minimum absolute atomic E-state index is 0.00393. The van der Waals surface area contributed by atoms with Gasteiger partial charge >= 0.3 is 0 Å². The van der Waals surface area contributed by atoms with Crippen LogP contribution in [-0.2, 0) is 24.1 Å². The molecule has 1 aliphatic carbocycles. The summed E-state index contributed by atoms with van der Waals surface area (Å²) in [6.45, 7) is 8.05. The molecule has 1 amide bonds. The molecule has 0 saturated heterocycles. The van der Waals surface area contributed by atoms with Crippen LogP contribution in [0.25, 0.3) is 15.9 Å². The van der Waals surface area contributed by atoms with E-state index < -0.39 is 0 Å². The number of amides is 1. The fraction of sp³-hybridized carbons (Fsp3) is 0.579. The van der Waals surface area contributed by atoms with Crippen molar-refractivity contribution in [3.63, 3.8) is 0 Å². The van der Waals surface area contributed by atoms with Gasteiger partial charge in [-0.15, -0.1) is 21.5 Å². The van der Waals surface area contributed by atoms with Crippen LogP contribution in [0.1, 0.15) is 56.8 Å². The molecule has 27 heavy (non-hydrogen) atoms. The highest BCUT2D eigenvalue weighted by molar-refractivity contribution is 7.99. The number of carbonyl (C=O) groups is 1. The van der Waals surface area contributed by atoms with Gasteiger partial charge in [0.25, 0.3) is 0 Å². The monoisotopic (exact) mass is 403 g/mol. The van der Waals surface area contributed by atoms with Gasteiger partial charge in [-0.25, -0.2) is 4.98 Å². The Morgan fingerprint density at radius 1 is 1.26 bits per heavy atom. The number of thiophene rings is 1. The summed E-state index contributed by atoms with van der Waals surface area (Å²) in [4.78, 5) is 19.7. The molecule has 0 unspecified atom stereocenters. The Morgan fingerprint density at radius 2 is 2.04 bits per heavy atom. The van der Waals surface area contributed by atoms with Gasteiger partial charge in [0.05, 0.1) is 11.1 Å². The first kappa shape index (κ1) is 18.7. The normalized spacial score (nSPS) is 14.7. The van der Waals surface area contributed by atoms with Crippen molar-refractivity contribution < 1.29 is 4.79 Å². The zero-order valence-electron chi connectivity index (χ0n) is 16.3. The highest BCUT2D eigenvalue weighted by atomic mass is 32.2. The van der Waals surface area contributed by atoms with Crippen molar-refractivity contribution in [2.45, 2.75) is 70.5 Å². The molecular formula is C19H25N5OS2. The Labute approximate surface area is 167 Å². The van der Waals surface area contributed by atoms with Crippen LogP contribution in [0.15, 0.2) is 5.16 Å². The third-order valence-electron chi connectivity index (χ3n) is 4.66. The average Bonchev–Trinajstić information content (AvgIpc) is 3.18. The lowest BCUT2D eigenvalue weighted by atomic mass is 9.97. The number of nitrogens with zero attached hydrogens (tertiary/aromatic N) is 4. The Hall–Kier alpha value is -1.67. The first-order chi connectivity index (χ1) is 12.9. The molecule has 3 aromatic rings. The lowest BCUT2D eigenvalue weighted by molar-refractivity contribution is -0.119. The van der Waals surface area contributed by atoms with Gasteiger partial charge in [0.2, 0.25) is 5.91 Å². The number of hydrogen-bond acceptors (Lipinski definition) is 6. The number of aryl methyl sites for hydroxylation is 3. The highest BCUT2D eigenvalue weighted by Gasteiger charge is 2.23. The number of nitrogens with one attached hydrogen (secondary N) is 1. The van der Waals surface area contributed by atoms with E-state index in [0.717, 1.165) is 40.7 Å². The SMILES string of the molecule is CCc1nc2sc3c(c2c2nnc(SCC(=O)NC(C)(C)C)n12)CCCC3. The maximum Gasteiger partial charge on any atom is 0.230 e. The molecule has 3 aromatic heterocycles. The van der Waals surface area contributed by atoms with Gasteiger partial charge in [-0.3, -0.25) is 9.20 Å². The molecule has 3 heterocycles. The summed E-state index contributed by atoms with van der Waals surface area (Å²) in [6.07, 6.45) is 5.53. The topological polar surface area (TPSA) is 72.2 Å². The van der Waals surface area contributed by atoms with Crippen LogP contribution >= 0.6 is 23.1 Å². The van der Waals surface area contributed by atoms with Crippen molar-refractivity contribution in [3.05, 3.63) is 16.3 Å². The predicted octanol–water partition coefficient (Wildman–Crippen LogP) is 3.79. The van der Waals surface area contributed by atoms with Gasteiger partial charge in [0, 0.05) is 16.8 Å². The largest absolute Gasteiger partial charge is 0.351 e. The maximum absolute atomic E-state index is 12.2. The Morgan fingerprint density at radius 3 is 2.78 bits per heavy atom. The summed E-state index contributed by atoms with van der Waals surface area (Å²) >= 11 is 3.24. The molecule has 144 valence electrons. The second-order valence-electron chi connectivity index (χ2n) is 8.00. The van der Waals surface area contributed by atoms with Gasteiger partial charge < -0.3 is 5.32 Å². The highest BCUT2D eigenvalue weighted by Crippen LogP contribution is 2.38. The second-order valence-corrected chi connectivity index (χ2v) is 10.0. The summed E-state index contributed by atoms with van der Waals surface area (Å²) in [7, 11) is 0. The number of aromatic nitrogens is 4. The number of fused-ring (bicyclic) bond motifs is 5. The van der Waals surface area contributed by atoms with Crippen LogP contribution in [0, 0.1) is 0 Å². The van der Waals surface area contributed by atoms with E-state index in [0.29, 0.717) is 5.75 Å². The maximum atomic E-state index is 12.2. The first-order valence-electron chi connectivity index (χ1n) is 9.49. The summed E-state index contributed by atoms with van der Waals surface area (Å²) in [6, 6.07) is 0. The molecule has 0 saturated carbocycles. The van der Waals surface area contributed by atoms with Crippen molar-refractivity contribution in [2.75, 3.05) is 5.75 Å². The van der Waals surface area contributed by atoms with Crippen LogP contribution in [0.4, 0.5) is 0 Å². The van der Waals surface area contributed by atoms with Crippen LogP contribution in [0.3, 0.4) is 0 Å². The molecule has 0 bridgehead atoms. The van der Waals surface area contributed by atoms with E-state index in [1.165, 1.54) is 40.4 Å². The number of rotatable bonds is 4. The fourth-order valence-electron chi connectivity index (χ4n) is 3.61. The molecule has 0 aliphatic heterocycles. The van der Waals surface area contributed by atoms with Crippen molar-refractivity contribution in [2.24, 2.45) is 0 Å². The molecule has 0 fully saturated rings. The second kappa shape index (κ2) is 7.05. The third kappa shape index (κ3) is 3.57. The van der Waals surface area contributed by atoms with E-state index in [-0.39, 0.29) is 11.4 Å². The zero-order valence-corrected chi connectivity index (χ0v) is 17.9. The molecule has 0 spiro atoms. The molecule has 1 aliphatic rings. The van der Waals surface area contributed by atoms with Crippen molar-refractivity contribution in [3.8, 4) is 0 Å². The van der Waals surface area contributed by atoms with Gasteiger partial charge in [-0.2, -0.15) is 0 Å². The molecule has 8 heteroatoms. The first-order valence-corrected chi connectivity index (χ1v) is 11.3. The minimum atomic E-state index is -0.234. The Balaban J connectivity index is 1.74. The van der Waals surface area contributed by atoms with E-state index in [1.807, 2.05) is 32.1 Å². The summed E-state index contributed by atoms with van der Waals surface area (Å²) in [5.41, 5.74) is 2.08. The summed E-state index contributed by atoms with van der Waals surface area (Å²) in [5, 5.41) is 13.8. The number of hydrogen-bond donors (Lipinski definition) is 1. The predicted molar refractivity (Wildman–Crippen MR) is 111 cm³/mol. The van der Waals surface area contributed by atoms with Gasteiger partial charge in [0.15, 0.2) is 10.8 Å².